The second kappa shape index (κ2) is 8.35. The Hall–Kier alpha value is -2.34. The van der Waals surface area contributed by atoms with Crippen LogP contribution in [0.1, 0.15) is 56.6 Å². The molecule has 0 saturated carbocycles. The van der Waals surface area contributed by atoms with E-state index in [1.54, 1.807) is 24.3 Å². The van der Waals surface area contributed by atoms with Crippen LogP contribution in [0.4, 0.5) is 5.69 Å². The van der Waals surface area contributed by atoms with Gasteiger partial charge in [-0.15, -0.1) is 0 Å². The lowest BCUT2D eigenvalue weighted by atomic mass is 9.98. The van der Waals surface area contributed by atoms with Crippen molar-refractivity contribution in [1.29, 1.82) is 0 Å². The summed E-state index contributed by atoms with van der Waals surface area (Å²) in [7, 11) is -3.61. The lowest BCUT2D eigenvalue weighted by molar-refractivity contribution is -0.129. The highest BCUT2D eigenvalue weighted by molar-refractivity contribution is 7.92. The van der Waals surface area contributed by atoms with E-state index in [0.717, 1.165) is 30.6 Å². The molecule has 1 atom stereocenters. The predicted octanol–water partition coefficient (Wildman–Crippen LogP) is 4.34. The Morgan fingerprint density at radius 1 is 1.11 bits per heavy atom. The zero-order chi connectivity index (χ0) is 20.3. The van der Waals surface area contributed by atoms with E-state index in [1.807, 2.05) is 36.1 Å². The van der Waals surface area contributed by atoms with Gasteiger partial charge in [-0.3, -0.25) is 9.52 Å². The van der Waals surface area contributed by atoms with Crippen LogP contribution in [-0.2, 0) is 14.8 Å². The summed E-state index contributed by atoms with van der Waals surface area (Å²) in [6, 6.07) is 14.5. The number of rotatable bonds is 6. The summed E-state index contributed by atoms with van der Waals surface area (Å²) in [6.07, 6.45) is 1.48. The molecule has 0 aliphatic carbocycles. The van der Waals surface area contributed by atoms with Gasteiger partial charge in [0, 0.05) is 31.1 Å². The van der Waals surface area contributed by atoms with Crippen molar-refractivity contribution in [3.8, 4) is 0 Å². The number of hydrogen-bond donors (Lipinski definition) is 1. The molecular weight excluding hydrogens is 372 g/mol. The predicted molar refractivity (Wildman–Crippen MR) is 112 cm³/mol. The largest absolute Gasteiger partial charge is 0.342 e. The molecule has 1 heterocycles. The molecule has 0 radical (unpaired) electrons. The van der Waals surface area contributed by atoms with Gasteiger partial charge in [-0.05, 0) is 47.7 Å². The standard InChI is InChI=1S/C22H28N2O3S/c1-4-22(25)24-14-13-19(15-24)18-5-9-20(10-6-18)23-28(26,27)21-11-7-17(8-12-21)16(2)3/h5-12,16,19,23H,4,13-15H2,1-3H3. The molecule has 0 spiro atoms. The topological polar surface area (TPSA) is 66.5 Å². The van der Waals surface area contributed by atoms with Crippen LogP contribution in [0.3, 0.4) is 0 Å². The maximum atomic E-state index is 12.6. The minimum atomic E-state index is -3.61. The summed E-state index contributed by atoms with van der Waals surface area (Å²) in [5.74, 6) is 0.858. The molecule has 1 saturated heterocycles. The van der Waals surface area contributed by atoms with Crippen LogP contribution in [0.2, 0.25) is 0 Å². The summed E-state index contributed by atoms with van der Waals surface area (Å²) in [5.41, 5.74) is 2.78. The Morgan fingerprint density at radius 3 is 2.32 bits per heavy atom. The van der Waals surface area contributed by atoms with Crippen molar-refractivity contribution in [1.82, 2.24) is 4.90 Å². The number of amides is 1. The van der Waals surface area contributed by atoms with Gasteiger partial charge in [0.05, 0.1) is 4.90 Å². The summed E-state index contributed by atoms with van der Waals surface area (Å²) >= 11 is 0. The third-order valence-electron chi connectivity index (χ3n) is 5.33. The first-order valence-electron chi connectivity index (χ1n) is 9.80. The van der Waals surface area contributed by atoms with Crippen molar-refractivity contribution in [3.63, 3.8) is 0 Å². The highest BCUT2D eigenvalue weighted by Crippen LogP contribution is 2.29. The minimum Gasteiger partial charge on any atom is -0.342 e. The Labute approximate surface area is 167 Å². The normalized spacial score (nSPS) is 17.1. The van der Waals surface area contributed by atoms with Crippen LogP contribution in [0.15, 0.2) is 53.4 Å². The Kier molecular flexibility index (Phi) is 6.08. The second-order valence-electron chi connectivity index (χ2n) is 7.63. The first-order valence-corrected chi connectivity index (χ1v) is 11.3. The average Bonchev–Trinajstić information content (AvgIpc) is 3.18. The van der Waals surface area contributed by atoms with Gasteiger partial charge in [-0.2, -0.15) is 0 Å². The van der Waals surface area contributed by atoms with E-state index in [9.17, 15) is 13.2 Å². The Morgan fingerprint density at radius 2 is 1.75 bits per heavy atom. The number of carbonyl (C=O) groups is 1. The van der Waals surface area contributed by atoms with Crippen molar-refractivity contribution in [2.45, 2.75) is 50.3 Å². The molecule has 3 rings (SSSR count). The summed E-state index contributed by atoms with van der Waals surface area (Å²) in [6.45, 7) is 7.56. The summed E-state index contributed by atoms with van der Waals surface area (Å²) in [5, 5.41) is 0. The van der Waals surface area contributed by atoms with E-state index < -0.39 is 10.0 Å². The number of benzene rings is 2. The molecule has 2 aromatic rings. The number of likely N-dealkylation sites (tertiary alicyclic amines) is 1. The Balaban J connectivity index is 1.67. The number of nitrogens with zero attached hydrogens (tertiary/aromatic N) is 1. The van der Waals surface area contributed by atoms with Crippen molar-refractivity contribution in [2.24, 2.45) is 0 Å². The fourth-order valence-corrected chi connectivity index (χ4v) is 4.61. The first-order chi connectivity index (χ1) is 13.3. The van der Waals surface area contributed by atoms with Crippen LogP contribution in [0.5, 0.6) is 0 Å². The lowest BCUT2D eigenvalue weighted by Gasteiger charge is -2.16. The van der Waals surface area contributed by atoms with Crippen molar-refractivity contribution in [2.75, 3.05) is 17.8 Å². The van der Waals surface area contributed by atoms with Crippen LogP contribution in [0.25, 0.3) is 0 Å². The van der Waals surface area contributed by atoms with Crippen LogP contribution in [-0.4, -0.2) is 32.3 Å². The zero-order valence-electron chi connectivity index (χ0n) is 16.7. The fourth-order valence-electron chi connectivity index (χ4n) is 3.55. The highest BCUT2D eigenvalue weighted by atomic mass is 32.2. The van der Waals surface area contributed by atoms with Crippen LogP contribution < -0.4 is 4.72 Å². The number of anilines is 1. The third-order valence-corrected chi connectivity index (χ3v) is 6.73. The Bertz CT molecular complexity index is 919. The van der Waals surface area contributed by atoms with E-state index in [-0.39, 0.29) is 10.8 Å². The molecule has 1 N–H and O–H groups in total. The molecule has 1 fully saturated rings. The average molecular weight is 401 g/mol. The number of carbonyl (C=O) groups excluding carboxylic acids is 1. The van der Waals surface area contributed by atoms with E-state index in [0.29, 0.717) is 23.9 Å². The summed E-state index contributed by atoms with van der Waals surface area (Å²) < 4.78 is 27.9. The molecular formula is C22H28N2O3S. The van der Waals surface area contributed by atoms with Gasteiger partial charge in [0.15, 0.2) is 0 Å². The highest BCUT2D eigenvalue weighted by Gasteiger charge is 2.26. The minimum absolute atomic E-state index is 0.190. The molecule has 150 valence electrons. The van der Waals surface area contributed by atoms with Crippen molar-refractivity contribution < 1.29 is 13.2 Å². The number of nitrogens with one attached hydrogen (secondary N) is 1. The molecule has 1 amide bonds. The number of hydrogen-bond acceptors (Lipinski definition) is 3. The first kappa shape index (κ1) is 20.4. The molecule has 0 bridgehead atoms. The molecule has 5 nitrogen and oxygen atoms in total. The van der Waals surface area contributed by atoms with E-state index >= 15 is 0 Å². The van der Waals surface area contributed by atoms with E-state index in [4.69, 9.17) is 0 Å². The fraction of sp³-hybridized carbons (Fsp3) is 0.409. The van der Waals surface area contributed by atoms with Gasteiger partial charge in [0.2, 0.25) is 5.91 Å². The maximum Gasteiger partial charge on any atom is 0.261 e. The molecule has 6 heteroatoms. The molecule has 2 aromatic carbocycles. The van der Waals surface area contributed by atoms with Gasteiger partial charge in [0.1, 0.15) is 0 Å². The molecule has 1 unspecified atom stereocenters. The molecule has 28 heavy (non-hydrogen) atoms. The van der Waals surface area contributed by atoms with Crippen LogP contribution >= 0.6 is 0 Å². The monoisotopic (exact) mass is 400 g/mol. The van der Waals surface area contributed by atoms with Crippen LogP contribution in [0, 0.1) is 0 Å². The SMILES string of the molecule is CCC(=O)N1CCC(c2ccc(NS(=O)(=O)c3ccc(C(C)C)cc3)cc2)C1. The summed E-state index contributed by atoms with van der Waals surface area (Å²) in [4.78, 5) is 14.0. The van der Waals surface area contributed by atoms with Crippen molar-refractivity contribution >= 4 is 21.6 Å². The molecule has 0 aromatic heterocycles. The van der Waals surface area contributed by atoms with Gasteiger partial charge in [-0.25, -0.2) is 8.42 Å². The maximum absolute atomic E-state index is 12.6. The van der Waals surface area contributed by atoms with Gasteiger partial charge >= 0.3 is 0 Å². The quantitative estimate of drug-likeness (QED) is 0.784. The third kappa shape index (κ3) is 4.55. The number of sulfonamides is 1. The molecule has 1 aliphatic rings. The van der Waals surface area contributed by atoms with Gasteiger partial charge < -0.3 is 4.90 Å². The van der Waals surface area contributed by atoms with Gasteiger partial charge in [0.25, 0.3) is 10.0 Å². The lowest BCUT2D eigenvalue weighted by Crippen LogP contribution is -2.27. The smallest absolute Gasteiger partial charge is 0.261 e. The molecule has 1 aliphatic heterocycles. The van der Waals surface area contributed by atoms with Crippen molar-refractivity contribution in [3.05, 3.63) is 59.7 Å². The van der Waals surface area contributed by atoms with Gasteiger partial charge in [-0.1, -0.05) is 45.0 Å². The van der Waals surface area contributed by atoms with E-state index in [2.05, 4.69) is 18.6 Å². The van der Waals surface area contributed by atoms with E-state index in [1.165, 1.54) is 0 Å². The zero-order valence-corrected chi connectivity index (χ0v) is 17.5. The second-order valence-corrected chi connectivity index (χ2v) is 9.31.